The van der Waals surface area contributed by atoms with E-state index in [-0.39, 0.29) is 16.6 Å². The van der Waals surface area contributed by atoms with Gasteiger partial charge in [0.05, 0.1) is 33.7 Å². The molecule has 0 radical (unpaired) electrons. The molecule has 2 aromatic heterocycles. The van der Waals surface area contributed by atoms with Crippen molar-refractivity contribution in [2.24, 2.45) is 0 Å². The molecule has 1 aromatic carbocycles. The van der Waals surface area contributed by atoms with E-state index in [4.69, 9.17) is 16.0 Å². The molecule has 0 bridgehead atoms. The van der Waals surface area contributed by atoms with Crippen LogP contribution in [0.2, 0.25) is 5.02 Å². The average molecular weight is 477 g/mol. The molecule has 0 aliphatic carbocycles. The number of furan rings is 1. The Morgan fingerprint density at radius 2 is 2.12 bits per heavy atom. The summed E-state index contributed by atoms with van der Waals surface area (Å²) < 4.78 is 7.46. The van der Waals surface area contributed by atoms with Crippen LogP contribution in [0.3, 0.4) is 0 Å². The van der Waals surface area contributed by atoms with E-state index >= 15 is 0 Å². The van der Waals surface area contributed by atoms with Crippen LogP contribution in [0.1, 0.15) is 25.5 Å². The Hall–Kier alpha value is -3.05. The number of nitrogens with zero attached hydrogens (tertiary/aromatic N) is 5. The summed E-state index contributed by atoms with van der Waals surface area (Å²) in [4.78, 5) is 25.3. The van der Waals surface area contributed by atoms with Crippen LogP contribution in [-0.4, -0.2) is 43.9 Å². The fourth-order valence-corrected chi connectivity index (χ4v) is 4.45. The number of hydrogen-bond acceptors (Lipinski definition) is 8. The predicted molar refractivity (Wildman–Crippen MR) is 121 cm³/mol. The first-order valence-corrected chi connectivity index (χ1v) is 11.3. The van der Waals surface area contributed by atoms with Gasteiger partial charge in [-0.15, -0.1) is 10.2 Å². The smallest absolute Gasteiger partial charge is 0.271 e. The highest BCUT2D eigenvalue weighted by molar-refractivity contribution is 8.00. The third-order valence-corrected chi connectivity index (χ3v) is 6.45. The van der Waals surface area contributed by atoms with Crippen molar-refractivity contribution >= 4 is 46.6 Å². The van der Waals surface area contributed by atoms with Crippen molar-refractivity contribution < 1.29 is 14.1 Å². The van der Waals surface area contributed by atoms with Crippen LogP contribution in [0.4, 0.5) is 17.3 Å². The van der Waals surface area contributed by atoms with Crippen LogP contribution in [-0.2, 0) is 11.3 Å². The third-order valence-electron chi connectivity index (χ3n) is 5.05. The third kappa shape index (κ3) is 4.89. The minimum atomic E-state index is -0.542. The van der Waals surface area contributed by atoms with Crippen LogP contribution in [0.15, 0.2) is 46.2 Å². The second-order valence-corrected chi connectivity index (χ2v) is 9.03. The van der Waals surface area contributed by atoms with Gasteiger partial charge in [-0.25, -0.2) is 0 Å². The van der Waals surface area contributed by atoms with Crippen molar-refractivity contribution in [3.63, 3.8) is 0 Å². The van der Waals surface area contributed by atoms with Crippen molar-refractivity contribution in [3.05, 3.63) is 57.5 Å². The largest absolute Gasteiger partial charge is 0.467 e. The van der Waals surface area contributed by atoms with E-state index in [1.165, 1.54) is 30.0 Å². The van der Waals surface area contributed by atoms with E-state index in [2.05, 4.69) is 20.4 Å². The lowest BCUT2D eigenvalue weighted by Crippen LogP contribution is -2.24. The summed E-state index contributed by atoms with van der Waals surface area (Å²) in [6, 6.07) is 7.63. The number of benzene rings is 1. The summed E-state index contributed by atoms with van der Waals surface area (Å²) in [6.07, 6.45) is 3.82. The van der Waals surface area contributed by atoms with Gasteiger partial charge in [0.25, 0.3) is 5.69 Å². The Morgan fingerprint density at radius 3 is 2.78 bits per heavy atom. The number of hydrogen-bond donors (Lipinski definition) is 1. The number of nitro benzene ring substituents is 1. The molecule has 10 nitrogen and oxygen atoms in total. The maximum Gasteiger partial charge on any atom is 0.271 e. The summed E-state index contributed by atoms with van der Waals surface area (Å²) in [5, 5.41) is 22.5. The van der Waals surface area contributed by atoms with Gasteiger partial charge in [0.1, 0.15) is 5.76 Å². The lowest BCUT2D eigenvalue weighted by atomic mass is 10.2. The maximum atomic E-state index is 12.8. The van der Waals surface area contributed by atoms with Crippen molar-refractivity contribution in [2.75, 3.05) is 23.3 Å². The molecule has 3 heterocycles. The number of nitrogens with one attached hydrogen (secondary N) is 1. The van der Waals surface area contributed by atoms with Crippen molar-refractivity contribution in [3.8, 4) is 0 Å². The van der Waals surface area contributed by atoms with E-state index in [9.17, 15) is 14.9 Å². The summed E-state index contributed by atoms with van der Waals surface area (Å²) in [7, 11) is 0. The molecule has 1 fully saturated rings. The molecule has 4 rings (SSSR count). The van der Waals surface area contributed by atoms with Gasteiger partial charge < -0.3 is 14.6 Å². The zero-order valence-corrected chi connectivity index (χ0v) is 18.8. The topological polar surface area (TPSA) is 119 Å². The van der Waals surface area contributed by atoms with Gasteiger partial charge in [-0.1, -0.05) is 23.4 Å². The van der Waals surface area contributed by atoms with Crippen LogP contribution < -0.4 is 10.2 Å². The minimum Gasteiger partial charge on any atom is -0.467 e. The molecule has 1 aliphatic rings. The predicted octanol–water partition coefficient (Wildman–Crippen LogP) is 4.20. The first-order chi connectivity index (χ1) is 15.4. The second kappa shape index (κ2) is 9.61. The van der Waals surface area contributed by atoms with Gasteiger partial charge >= 0.3 is 0 Å². The highest BCUT2D eigenvalue weighted by Gasteiger charge is 2.25. The monoisotopic (exact) mass is 476 g/mol. The van der Waals surface area contributed by atoms with Gasteiger partial charge in [0.15, 0.2) is 5.16 Å². The standard InChI is InChI=1S/C20H21ClN6O4S/c1-13(18(28)22-17-7-6-14(27(29)30)11-16(17)21)32-20-24-23-19(25-8-2-3-9-25)26(20)12-15-5-4-10-31-15/h4-7,10-11,13H,2-3,8-9,12H2,1H3,(H,22,28). The van der Waals surface area contributed by atoms with Crippen LogP contribution in [0.5, 0.6) is 0 Å². The lowest BCUT2D eigenvalue weighted by Gasteiger charge is -2.18. The molecule has 1 aliphatic heterocycles. The number of carbonyl (C=O) groups excluding carboxylic acids is 1. The van der Waals surface area contributed by atoms with Crippen LogP contribution in [0, 0.1) is 10.1 Å². The Kier molecular flexibility index (Phi) is 6.66. The zero-order chi connectivity index (χ0) is 22.7. The van der Waals surface area contributed by atoms with E-state index in [0.29, 0.717) is 17.4 Å². The number of thioether (sulfide) groups is 1. The minimum absolute atomic E-state index is 0.0991. The molecule has 1 unspecified atom stereocenters. The number of non-ortho nitro benzene ring substituents is 1. The van der Waals surface area contributed by atoms with Crippen molar-refractivity contribution in [1.29, 1.82) is 0 Å². The summed E-state index contributed by atoms with van der Waals surface area (Å²) in [5.74, 6) is 1.22. The fraction of sp³-hybridized carbons (Fsp3) is 0.350. The summed E-state index contributed by atoms with van der Waals surface area (Å²) >= 11 is 7.37. The molecule has 1 amide bonds. The highest BCUT2D eigenvalue weighted by Crippen LogP contribution is 2.31. The zero-order valence-electron chi connectivity index (χ0n) is 17.2. The molecule has 3 aromatic rings. The summed E-state index contributed by atoms with van der Waals surface area (Å²) in [6.45, 7) is 4.03. The Balaban J connectivity index is 1.50. The molecular weight excluding hydrogens is 456 g/mol. The fourth-order valence-electron chi connectivity index (χ4n) is 3.38. The molecule has 0 saturated carbocycles. The van der Waals surface area contributed by atoms with Gasteiger partial charge in [-0.2, -0.15) is 0 Å². The number of rotatable bonds is 8. The molecule has 1 N–H and O–H groups in total. The van der Waals surface area contributed by atoms with Gasteiger partial charge in [-0.3, -0.25) is 19.5 Å². The van der Waals surface area contributed by atoms with Gasteiger partial charge in [-0.05, 0) is 38.0 Å². The van der Waals surface area contributed by atoms with Crippen molar-refractivity contribution in [2.45, 2.75) is 36.7 Å². The first-order valence-electron chi connectivity index (χ1n) is 10.0. The average Bonchev–Trinajstić information content (AvgIpc) is 3.53. The second-order valence-electron chi connectivity index (χ2n) is 7.31. The van der Waals surface area contributed by atoms with E-state index in [1.54, 1.807) is 13.2 Å². The number of halogens is 1. The quantitative estimate of drug-likeness (QED) is 0.292. The van der Waals surface area contributed by atoms with Crippen molar-refractivity contribution in [1.82, 2.24) is 14.8 Å². The van der Waals surface area contributed by atoms with E-state index < -0.39 is 10.2 Å². The van der Waals surface area contributed by atoms with E-state index in [1.807, 2.05) is 16.7 Å². The molecular formula is C20H21ClN6O4S. The number of amides is 1. The van der Waals surface area contributed by atoms with Gasteiger partial charge in [0, 0.05) is 25.2 Å². The Labute approximate surface area is 193 Å². The normalized spacial score (nSPS) is 14.5. The Bertz CT molecular complexity index is 1110. The first kappa shape index (κ1) is 22.2. The molecule has 1 saturated heterocycles. The van der Waals surface area contributed by atoms with E-state index in [0.717, 1.165) is 37.6 Å². The molecule has 32 heavy (non-hydrogen) atoms. The number of aromatic nitrogens is 3. The SMILES string of the molecule is CC(Sc1nnc(N2CCCC2)n1Cc1ccco1)C(=O)Nc1ccc([N+](=O)[O-])cc1Cl. The number of nitro groups is 1. The van der Waals surface area contributed by atoms with Crippen LogP contribution in [0.25, 0.3) is 0 Å². The molecule has 1 atom stereocenters. The van der Waals surface area contributed by atoms with Gasteiger partial charge in [0.2, 0.25) is 11.9 Å². The number of carbonyl (C=O) groups is 1. The molecule has 0 spiro atoms. The lowest BCUT2D eigenvalue weighted by molar-refractivity contribution is -0.384. The molecule has 12 heteroatoms. The highest BCUT2D eigenvalue weighted by atomic mass is 35.5. The Morgan fingerprint density at radius 1 is 1.34 bits per heavy atom. The summed E-state index contributed by atoms with van der Waals surface area (Å²) in [5.41, 5.74) is 0.167. The maximum absolute atomic E-state index is 12.8. The van der Waals surface area contributed by atoms with Crippen LogP contribution >= 0.6 is 23.4 Å². The number of anilines is 2. The molecule has 168 valence electrons.